The van der Waals surface area contributed by atoms with Crippen LogP contribution >= 0.6 is 7.37 Å². The van der Waals surface area contributed by atoms with E-state index in [9.17, 15) is 4.57 Å². The van der Waals surface area contributed by atoms with Crippen molar-refractivity contribution in [2.75, 3.05) is 0 Å². The summed E-state index contributed by atoms with van der Waals surface area (Å²) >= 11 is 0. The zero-order valence-corrected chi connectivity index (χ0v) is 24.8. The second-order valence-corrected chi connectivity index (χ2v) is 13.0. The van der Waals surface area contributed by atoms with Gasteiger partial charge in [-0.2, -0.15) is 4.57 Å². The van der Waals surface area contributed by atoms with Gasteiger partial charge in [-0.1, -0.05) is 75.9 Å². The number of hydrogen-bond acceptors (Lipinski definition) is 3. The van der Waals surface area contributed by atoms with Crippen LogP contribution in [0.5, 0.6) is 0 Å². The average molecular weight is 550 g/mol. The Kier molecular flexibility index (Phi) is 7.42. The Bertz CT molecular complexity index is 1670. The number of fused-ring (bicyclic) bond motifs is 4. The van der Waals surface area contributed by atoms with Gasteiger partial charge in [0, 0.05) is 24.3 Å². The molecule has 204 valence electrons. The molecule has 0 saturated carbocycles. The minimum absolute atomic E-state index is 0.109. The molecule has 4 aromatic rings. The summed E-state index contributed by atoms with van der Waals surface area (Å²) in [6.45, 7) is 16.7. The largest absolute Gasteiger partial charge is 0.418 e. The van der Waals surface area contributed by atoms with Gasteiger partial charge in [0.05, 0.1) is 21.6 Å². The molecule has 1 aliphatic rings. The van der Waals surface area contributed by atoms with Crippen LogP contribution in [-0.4, -0.2) is 6.72 Å². The summed E-state index contributed by atoms with van der Waals surface area (Å²) in [6, 6.07) is 26.4. The minimum atomic E-state index is -3.59. The van der Waals surface area contributed by atoms with E-state index in [2.05, 4.69) is 99.2 Å². The molecule has 0 aliphatic carbocycles. The quantitative estimate of drug-likeness (QED) is 0.0699. The maximum Gasteiger partial charge on any atom is 0.308 e. The predicted octanol–water partition coefficient (Wildman–Crippen LogP) is 7.96. The van der Waals surface area contributed by atoms with Gasteiger partial charge in [0.1, 0.15) is 0 Å². The Morgan fingerprint density at radius 1 is 0.925 bits per heavy atom. The van der Waals surface area contributed by atoms with Crippen molar-refractivity contribution in [1.29, 1.82) is 0 Å². The Morgan fingerprint density at radius 3 is 2.23 bits per heavy atom. The first-order valence-electron chi connectivity index (χ1n) is 14.1. The van der Waals surface area contributed by atoms with Crippen LogP contribution in [0.1, 0.15) is 52.5 Å². The standard InChI is InChI=1S/C35H38N2O2P/c1-7-16-33(36-6)39-40(38,28-19-12-11-13-20-28)29-21-22-31-30(24-29)32-23-26-17-14-15-18-27(26)25-37(32)35(9-3,10-4)34(31,5)8-2/h7,11-25H,1,6,8-10H2,2-5H3/q+1. The molecular weight excluding hydrogens is 511 g/mol. The molecule has 0 bridgehead atoms. The van der Waals surface area contributed by atoms with E-state index in [-0.39, 0.29) is 16.8 Å². The number of rotatable bonds is 9. The lowest BCUT2D eigenvalue weighted by Gasteiger charge is -2.48. The van der Waals surface area contributed by atoms with Crippen LogP contribution in [0.15, 0.2) is 115 Å². The monoisotopic (exact) mass is 549 g/mol. The molecule has 2 unspecified atom stereocenters. The lowest BCUT2D eigenvalue weighted by atomic mass is 9.59. The van der Waals surface area contributed by atoms with Crippen molar-refractivity contribution in [1.82, 2.24) is 0 Å². The molecule has 40 heavy (non-hydrogen) atoms. The minimum Gasteiger partial charge on any atom is -0.418 e. The summed E-state index contributed by atoms with van der Waals surface area (Å²) in [6.07, 6.45) is 8.44. The fourth-order valence-corrected chi connectivity index (χ4v) is 8.81. The van der Waals surface area contributed by atoms with Crippen LogP contribution in [0.25, 0.3) is 22.0 Å². The molecule has 3 aromatic carbocycles. The Balaban J connectivity index is 1.84. The van der Waals surface area contributed by atoms with Crippen LogP contribution in [-0.2, 0) is 20.0 Å². The van der Waals surface area contributed by atoms with Crippen molar-refractivity contribution in [2.24, 2.45) is 4.99 Å². The zero-order chi connectivity index (χ0) is 28.5. The third-order valence-corrected chi connectivity index (χ3v) is 11.5. The normalized spacial score (nSPS) is 19.2. The summed E-state index contributed by atoms with van der Waals surface area (Å²) in [5, 5.41) is 3.62. The zero-order valence-electron chi connectivity index (χ0n) is 23.9. The van der Waals surface area contributed by atoms with E-state index in [4.69, 9.17) is 4.52 Å². The van der Waals surface area contributed by atoms with Gasteiger partial charge in [0.15, 0.2) is 11.7 Å². The molecule has 4 nitrogen and oxygen atoms in total. The fraction of sp³-hybridized carbons (Fsp3) is 0.257. The summed E-state index contributed by atoms with van der Waals surface area (Å²) in [7, 11) is -3.59. The second-order valence-electron chi connectivity index (χ2n) is 10.7. The highest BCUT2D eigenvalue weighted by atomic mass is 31.2. The number of allylic oxidation sites excluding steroid dienone is 2. The molecule has 0 N–H and O–H groups in total. The number of nitrogens with zero attached hydrogens (tertiary/aromatic N) is 2. The second kappa shape index (κ2) is 10.7. The predicted molar refractivity (Wildman–Crippen MR) is 168 cm³/mol. The first-order chi connectivity index (χ1) is 19.3. The van der Waals surface area contributed by atoms with Gasteiger partial charge in [-0.3, -0.25) is 4.57 Å². The van der Waals surface area contributed by atoms with Gasteiger partial charge in [-0.05, 0) is 67.4 Å². The molecule has 5 rings (SSSR count). The van der Waals surface area contributed by atoms with Gasteiger partial charge in [0.2, 0.25) is 11.6 Å². The third kappa shape index (κ3) is 4.09. The van der Waals surface area contributed by atoms with E-state index in [1.165, 1.54) is 16.3 Å². The maximum absolute atomic E-state index is 14.9. The van der Waals surface area contributed by atoms with Crippen LogP contribution < -0.4 is 15.2 Å². The van der Waals surface area contributed by atoms with Crippen molar-refractivity contribution in [3.05, 3.63) is 115 Å². The lowest BCUT2D eigenvalue weighted by Crippen LogP contribution is -2.68. The number of benzene rings is 3. The number of pyridine rings is 1. The molecule has 1 aliphatic heterocycles. The van der Waals surface area contributed by atoms with Gasteiger partial charge < -0.3 is 4.52 Å². The highest BCUT2D eigenvalue weighted by Gasteiger charge is 2.58. The Hall–Kier alpha value is -3.75. The maximum atomic E-state index is 14.9. The smallest absolute Gasteiger partial charge is 0.308 e. The summed E-state index contributed by atoms with van der Waals surface area (Å²) in [4.78, 5) is 3.99. The summed E-state index contributed by atoms with van der Waals surface area (Å²) in [5.41, 5.74) is 3.25. The number of hydrogen-bond donors (Lipinski definition) is 0. The van der Waals surface area contributed by atoms with Crippen molar-refractivity contribution in [2.45, 2.75) is 57.9 Å². The van der Waals surface area contributed by atoms with Crippen molar-refractivity contribution < 1.29 is 13.7 Å². The van der Waals surface area contributed by atoms with Gasteiger partial charge in [-0.15, -0.1) is 0 Å². The van der Waals surface area contributed by atoms with Crippen molar-refractivity contribution in [3.8, 4) is 11.3 Å². The van der Waals surface area contributed by atoms with Crippen LogP contribution in [0, 0.1) is 0 Å². The topological polar surface area (TPSA) is 42.5 Å². The SMILES string of the molecule is C=CC=C(N=C)OP(=O)(c1ccccc1)c1ccc2c(c1)-c1cc3ccccc3c[n+]1C(CC)(CC)C2(C)CC. The first kappa shape index (κ1) is 27.8. The summed E-state index contributed by atoms with van der Waals surface area (Å²) in [5.74, 6) is 0.176. The Morgan fingerprint density at radius 2 is 1.60 bits per heavy atom. The van der Waals surface area contributed by atoms with Gasteiger partial charge in [-0.25, -0.2) is 4.99 Å². The Labute approximate surface area is 238 Å². The molecule has 0 saturated heterocycles. The van der Waals surface area contributed by atoms with E-state index in [0.717, 1.165) is 30.5 Å². The highest BCUT2D eigenvalue weighted by molar-refractivity contribution is 7.74. The van der Waals surface area contributed by atoms with Gasteiger partial charge in [0.25, 0.3) is 0 Å². The first-order valence-corrected chi connectivity index (χ1v) is 15.7. The molecule has 2 heterocycles. The lowest BCUT2D eigenvalue weighted by molar-refractivity contribution is -0.768. The molecular formula is C35H38N2O2P+. The molecule has 0 radical (unpaired) electrons. The third-order valence-electron chi connectivity index (χ3n) is 9.13. The number of aliphatic imine (C=N–C) groups is 1. The van der Waals surface area contributed by atoms with E-state index in [0.29, 0.717) is 10.6 Å². The summed E-state index contributed by atoms with van der Waals surface area (Å²) < 4.78 is 23.7. The van der Waals surface area contributed by atoms with Crippen LogP contribution in [0.4, 0.5) is 0 Å². The molecule has 2 atom stereocenters. The molecule has 0 amide bonds. The fourth-order valence-electron chi connectivity index (χ4n) is 6.79. The van der Waals surface area contributed by atoms with E-state index in [1.54, 1.807) is 12.2 Å². The molecule has 0 fully saturated rings. The van der Waals surface area contributed by atoms with E-state index in [1.807, 2.05) is 36.4 Å². The highest BCUT2D eigenvalue weighted by Crippen LogP contribution is 2.53. The van der Waals surface area contributed by atoms with Gasteiger partial charge >= 0.3 is 7.37 Å². The van der Waals surface area contributed by atoms with Crippen molar-refractivity contribution in [3.63, 3.8) is 0 Å². The van der Waals surface area contributed by atoms with Crippen LogP contribution in [0.3, 0.4) is 0 Å². The van der Waals surface area contributed by atoms with E-state index < -0.39 is 7.37 Å². The van der Waals surface area contributed by atoms with Crippen molar-refractivity contribution >= 4 is 35.5 Å². The van der Waals surface area contributed by atoms with E-state index >= 15 is 0 Å². The average Bonchev–Trinajstić information content (AvgIpc) is 3.00. The van der Waals surface area contributed by atoms with Crippen LogP contribution in [0.2, 0.25) is 0 Å². The molecule has 1 aromatic heterocycles. The number of aromatic nitrogens is 1. The molecule has 5 heteroatoms. The molecule has 0 spiro atoms.